The molecule has 3 aromatic heterocycles. The van der Waals surface area contributed by atoms with Gasteiger partial charge < -0.3 is 5.32 Å². The van der Waals surface area contributed by atoms with E-state index in [4.69, 9.17) is 0 Å². The molecular weight excluding hydrogens is 328 g/mol. The Kier molecular flexibility index (Phi) is 3.08. The van der Waals surface area contributed by atoms with Gasteiger partial charge in [0.05, 0.1) is 0 Å². The lowest BCUT2D eigenvalue weighted by Gasteiger charge is -2.01. The van der Waals surface area contributed by atoms with Crippen molar-refractivity contribution in [2.24, 2.45) is 0 Å². The Morgan fingerprint density at radius 1 is 1.47 bits per heavy atom. The highest BCUT2D eigenvalue weighted by Crippen LogP contribution is 2.17. The first kappa shape index (κ1) is 12.3. The number of aromatic nitrogens is 3. The van der Waals surface area contributed by atoms with E-state index in [9.17, 15) is 4.79 Å². The molecular formula is C12H9BrN4OS. The molecule has 0 aliphatic heterocycles. The van der Waals surface area contributed by atoms with Gasteiger partial charge in [0.1, 0.15) is 11.5 Å². The van der Waals surface area contributed by atoms with Gasteiger partial charge in [-0.1, -0.05) is 0 Å². The van der Waals surface area contributed by atoms with E-state index in [-0.39, 0.29) is 5.91 Å². The first-order valence-corrected chi connectivity index (χ1v) is 7.17. The van der Waals surface area contributed by atoms with Crippen LogP contribution in [0.3, 0.4) is 0 Å². The number of fused-ring (bicyclic) bond motifs is 1. The Labute approximate surface area is 121 Å². The molecule has 1 N–H and O–H groups in total. The van der Waals surface area contributed by atoms with Crippen LogP contribution < -0.4 is 5.32 Å². The van der Waals surface area contributed by atoms with Crippen LogP contribution in [0.4, 0.5) is 5.82 Å². The fraction of sp³-hybridized carbons (Fsp3) is 0.0833. The molecule has 0 bridgehead atoms. The second-order valence-corrected chi connectivity index (χ2v) is 5.72. The number of anilines is 1. The minimum Gasteiger partial charge on any atom is -0.305 e. The third-order valence-electron chi connectivity index (χ3n) is 2.59. The summed E-state index contributed by atoms with van der Waals surface area (Å²) in [6, 6.07) is 3.55. The molecule has 0 saturated heterocycles. The van der Waals surface area contributed by atoms with Crippen molar-refractivity contribution in [1.29, 1.82) is 0 Å². The summed E-state index contributed by atoms with van der Waals surface area (Å²) in [5.41, 5.74) is 1.45. The SMILES string of the molecule is Cc1csc2nc(C(=O)Nc3ccc(Br)cn3)cn12. The van der Waals surface area contributed by atoms with Crippen molar-refractivity contribution in [3.05, 3.63) is 45.8 Å². The highest BCUT2D eigenvalue weighted by molar-refractivity contribution is 9.10. The zero-order valence-corrected chi connectivity index (χ0v) is 12.3. The molecule has 0 unspecified atom stereocenters. The van der Waals surface area contributed by atoms with Crippen LogP contribution in [0.15, 0.2) is 34.4 Å². The summed E-state index contributed by atoms with van der Waals surface area (Å²) in [5.74, 6) is 0.242. The molecule has 96 valence electrons. The standard InChI is InChI=1S/C12H9BrN4OS/c1-7-6-19-12-15-9(5-17(7)12)11(18)16-10-3-2-8(13)4-14-10/h2-6H,1H3,(H,14,16,18). The average molecular weight is 337 g/mol. The summed E-state index contributed by atoms with van der Waals surface area (Å²) < 4.78 is 2.76. The number of carbonyl (C=O) groups excluding carboxylic acids is 1. The molecule has 0 atom stereocenters. The van der Waals surface area contributed by atoms with Gasteiger partial charge in [-0.2, -0.15) is 0 Å². The van der Waals surface area contributed by atoms with Crippen molar-refractivity contribution in [2.75, 3.05) is 5.32 Å². The van der Waals surface area contributed by atoms with Crippen LogP contribution in [0.2, 0.25) is 0 Å². The molecule has 7 heteroatoms. The second kappa shape index (κ2) is 4.75. The largest absolute Gasteiger partial charge is 0.305 e. The summed E-state index contributed by atoms with van der Waals surface area (Å²) >= 11 is 4.80. The average Bonchev–Trinajstić information content (AvgIpc) is 2.95. The minimum atomic E-state index is -0.259. The van der Waals surface area contributed by atoms with E-state index in [0.717, 1.165) is 15.1 Å². The summed E-state index contributed by atoms with van der Waals surface area (Å²) in [5, 5.41) is 4.71. The van der Waals surface area contributed by atoms with Gasteiger partial charge in [-0.3, -0.25) is 9.20 Å². The van der Waals surface area contributed by atoms with E-state index in [2.05, 4.69) is 31.2 Å². The van der Waals surface area contributed by atoms with Gasteiger partial charge in [0.25, 0.3) is 5.91 Å². The maximum absolute atomic E-state index is 12.0. The number of imidazole rings is 1. The number of hydrogen-bond donors (Lipinski definition) is 1. The summed E-state index contributed by atoms with van der Waals surface area (Å²) in [6.07, 6.45) is 3.36. The molecule has 3 heterocycles. The molecule has 1 amide bonds. The smallest absolute Gasteiger partial charge is 0.277 e. The number of aryl methyl sites for hydroxylation is 1. The predicted octanol–water partition coefficient (Wildman–Crippen LogP) is 3.11. The molecule has 0 fully saturated rings. The zero-order chi connectivity index (χ0) is 13.4. The molecule has 19 heavy (non-hydrogen) atoms. The van der Waals surface area contributed by atoms with Crippen molar-refractivity contribution in [3.8, 4) is 0 Å². The number of thiazole rings is 1. The maximum Gasteiger partial charge on any atom is 0.277 e. The highest BCUT2D eigenvalue weighted by atomic mass is 79.9. The maximum atomic E-state index is 12.0. The van der Waals surface area contributed by atoms with Crippen LogP contribution in [0.1, 0.15) is 16.2 Å². The topological polar surface area (TPSA) is 59.3 Å². The molecule has 0 aliphatic rings. The van der Waals surface area contributed by atoms with Gasteiger partial charge in [-0.15, -0.1) is 11.3 Å². The van der Waals surface area contributed by atoms with E-state index in [1.54, 1.807) is 18.5 Å². The second-order valence-electron chi connectivity index (χ2n) is 3.97. The van der Waals surface area contributed by atoms with Crippen LogP contribution in [0.25, 0.3) is 4.96 Å². The van der Waals surface area contributed by atoms with Gasteiger partial charge in [0.2, 0.25) is 0 Å². The Morgan fingerprint density at radius 3 is 3.00 bits per heavy atom. The van der Waals surface area contributed by atoms with Crippen LogP contribution in [0.5, 0.6) is 0 Å². The first-order chi connectivity index (χ1) is 9.13. The molecule has 0 aliphatic carbocycles. The molecule has 3 aromatic rings. The van der Waals surface area contributed by atoms with Crippen molar-refractivity contribution in [3.63, 3.8) is 0 Å². The van der Waals surface area contributed by atoms with Crippen molar-refractivity contribution in [1.82, 2.24) is 14.4 Å². The molecule has 0 aromatic carbocycles. The number of pyridine rings is 1. The lowest BCUT2D eigenvalue weighted by Crippen LogP contribution is -2.13. The van der Waals surface area contributed by atoms with Crippen LogP contribution >= 0.6 is 27.3 Å². The van der Waals surface area contributed by atoms with Gasteiger partial charge >= 0.3 is 0 Å². The van der Waals surface area contributed by atoms with Crippen LogP contribution in [-0.4, -0.2) is 20.3 Å². The van der Waals surface area contributed by atoms with Crippen LogP contribution in [0, 0.1) is 6.92 Å². The quantitative estimate of drug-likeness (QED) is 0.782. The van der Waals surface area contributed by atoms with Gasteiger partial charge in [0.15, 0.2) is 4.96 Å². The summed E-state index contributed by atoms with van der Waals surface area (Å²) in [6.45, 7) is 1.98. The number of rotatable bonds is 2. The first-order valence-electron chi connectivity index (χ1n) is 5.49. The molecule has 5 nitrogen and oxygen atoms in total. The van der Waals surface area contributed by atoms with E-state index >= 15 is 0 Å². The Balaban J connectivity index is 1.85. The fourth-order valence-electron chi connectivity index (χ4n) is 1.63. The monoisotopic (exact) mass is 336 g/mol. The lowest BCUT2D eigenvalue weighted by atomic mass is 10.4. The molecule has 0 spiro atoms. The van der Waals surface area contributed by atoms with Crippen molar-refractivity contribution in [2.45, 2.75) is 6.92 Å². The van der Waals surface area contributed by atoms with Gasteiger partial charge in [-0.05, 0) is 35.0 Å². The molecule has 0 radical (unpaired) electrons. The number of amides is 1. The van der Waals surface area contributed by atoms with E-state index in [1.165, 1.54) is 11.3 Å². The third-order valence-corrected chi connectivity index (χ3v) is 4.02. The minimum absolute atomic E-state index is 0.259. The van der Waals surface area contributed by atoms with Crippen molar-refractivity contribution >= 4 is 44.0 Å². The summed E-state index contributed by atoms with van der Waals surface area (Å²) in [7, 11) is 0. The van der Waals surface area contributed by atoms with Gasteiger partial charge in [-0.25, -0.2) is 9.97 Å². The van der Waals surface area contributed by atoms with E-state index in [1.807, 2.05) is 22.8 Å². The predicted molar refractivity (Wildman–Crippen MR) is 77.7 cm³/mol. The third kappa shape index (κ3) is 2.39. The normalized spacial score (nSPS) is 10.8. The fourth-order valence-corrected chi connectivity index (χ4v) is 2.72. The lowest BCUT2D eigenvalue weighted by molar-refractivity contribution is 0.102. The zero-order valence-electron chi connectivity index (χ0n) is 9.92. The number of nitrogens with one attached hydrogen (secondary N) is 1. The van der Waals surface area contributed by atoms with E-state index in [0.29, 0.717) is 11.5 Å². The van der Waals surface area contributed by atoms with Gasteiger partial charge in [0, 0.05) is 27.9 Å². The Hall–Kier alpha value is -1.73. The van der Waals surface area contributed by atoms with Crippen LogP contribution in [-0.2, 0) is 0 Å². The van der Waals surface area contributed by atoms with E-state index < -0.39 is 0 Å². The number of halogens is 1. The summed E-state index contributed by atoms with van der Waals surface area (Å²) in [4.78, 5) is 21.2. The Bertz CT molecular complexity index is 747. The highest BCUT2D eigenvalue weighted by Gasteiger charge is 2.13. The van der Waals surface area contributed by atoms with Crippen molar-refractivity contribution < 1.29 is 4.79 Å². The number of carbonyl (C=O) groups is 1. The Morgan fingerprint density at radius 2 is 2.32 bits per heavy atom. The number of nitrogens with zero attached hydrogens (tertiary/aromatic N) is 3. The molecule has 3 rings (SSSR count). The molecule has 0 saturated carbocycles. The number of hydrogen-bond acceptors (Lipinski definition) is 4.